The second-order valence-electron chi connectivity index (χ2n) is 7.06. The van der Waals surface area contributed by atoms with E-state index < -0.39 is 0 Å². The number of hydrogen-bond donors (Lipinski definition) is 2. The summed E-state index contributed by atoms with van der Waals surface area (Å²) in [5.74, 6) is 1.61. The molecule has 0 bridgehead atoms. The van der Waals surface area contributed by atoms with Crippen LogP contribution >= 0.6 is 15.9 Å². The summed E-state index contributed by atoms with van der Waals surface area (Å²) in [4.78, 5) is 18.7. The van der Waals surface area contributed by atoms with Gasteiger partial charge in [-0.3, -0.25) is 9.79 Å². The van der Waals surface area contributed by atoms with Crippen molar-refractivity contribution in [2.45, 2.75) is 45.6 Å². The van der Waals surface area contributed by atoms with Crippen molar-refractivity contribution >= 4 is 27.8 Å². The van der Waals surface area contributed by atoms with Gasteiger partial charge in [-0.15, -0.1) is 0 Å². The van der Waals surface area contributed by atoms with Crippen molar-refractivity contribution in [2.24, 2.45) is 18.0 Å². The van der Waals surface area contributed by atoms with E-state index in [4.69, 9.17) is 0 Å². The van der Waals surface area contributed by atoms with Gasteiger partial charge in [-0.25, -0.2) is 0 Å². The fourth-order valence-corrected chi connectivity index (χ4v) is 3.99. The average Bonchev–Trinajstić information content (AvgIpc) is 3.20. The normalized spacial score (nSPS) is 15.3. The molecular weight excluding hydrogens is 394 g/mol. The lowest BCUT2D eigenvalue weighted by Gasteiger charge is -2.22. The molecular formula is C19H32BrN5O. The lowest BCUT2D eigenvalue weighted by atomic mass is 10.0. The summed E-state index contributed by atoms with van der Waals surface area (Å²) in [7, 11) is 4.07. The number of rotatable bonds is 8. The molecule has 6 nitrogen and oxygen atoms in total. The molecule has 1 aromatic rings. The van der Waals surface area contributed by atoms with Gasteiger partial charge in [0.05, 0.1) is 13.1 Å². The molecule has 0 unspecified atom stereocenters. The molecule has 2 N–H and O–H groups in total. The Bertz CT molecular complexity index is 607. The highest BCUT2D eigenvalue weighted by Gasteiger charge is 2.18. The zero-order valence-corrected chi connectivity index (χ0v) is 17.8. The lowest BCUT2D eigenvalue weighted by molar-refractivity contribution is -0.121. The molecule has 1 saturated carbocycles. The van der Waals surface area contributed by atoms with Crippen molar-refractivity contribution in [1.82, 2.24) is 20.1 Å². The minimum absolute atomic E-state index is 0.166. The minimum Gasteiger partial charge on any atom is -0.357 e. The Hall–Kier alpha value is -1.50. The molecule has 1 heterocycles. The van der Waals surface area contributed by atoms with Gasteiger partial charge in [0, 0.05) is 50.0 Å². The minimum atomic E-state index is 0.166. The van der Waals surface area contributed by atoms with Crippen molar-refractivity contribution in [3.05, 3.63) is 22.4 Å². The molecule has 7 heteroatoms. The first-order valence-corrected chi connectivity index (χ1v) is 10.4. The van der Waals surface area contributed by atoms with Gasteiger partial charge in [0.25, 0.3) is 0 Å². The van der Waals surface area contributed by atoms with Gasteiger partial charge in [-0.05, 0) is 47.7 Å². The van der Waals surface area contributed by atoms with Gasteiger partial charge in [-0.2, -0.15) is 0 Å². The van der Waals surface area contributed by atoms with Gasteiger partial charge in [0.15, 0.2) is 5.96 Å². The Morgan fingerprint density at radius 1 is 1.38 bits per heavy atom. The monoisotopic (exact) mass is 425 g/mol. The topological polar surface area (TPSA) is 61.7 Å². The molecule has 0 radical (unpaired) electrons. The zero-order chi connectivity index (χ0) is 18.9. The number of halogens is 1. The first-order valence-electron chi connectivity index (χ1n) is 9.56. The lowest BCUT2D eigenvalue weighted by Crippen LogP contribution is -2.39. The highest BCUT2D eigenvalue weighted by atomic mass is 79.9. The average molecular weight is 426 g/mol. The second kappa shape index (κ2) is 10.6. The molecule has 0 aliphatic heterocycles. The fourth-order valence-electron chi connectivity index (χ4n) is 3.42. The number of carbonyl (C=O) groups is 1. The van der Waals surface area contributed by atoms with E-state index in [0.717, 1.165) is 23.5 Å². The van der Waals surface area contributed by atoms with Crippen LogP contribution in [0.2, 0.25) is 0 Å². The first-order chi connectivity index (χ1) is 12.5. The van der Waals surface area contributed by atoms with Gasteiger partial charge >= 0.3 is 0 Å². The number of nitrogens with zero attached hydrogens (tertiary/aromatic N) is 3. The van der Waals surface area contributed by atoms with Gasteiger partial charge in [0.1, 0.15) is 0 Å². The summed E-state index contributed by atoms with van der Waals surface area (Å²) in [5.41, 5.74) is 1.20. The Kier molecular flexibility index (Phi) is 8.48. The van der Waals surface area contributed by atoms with Crippen molar-refractivity contribution in [1.29, 1.82) is 0 Å². The van der Waals surface area contributed by atoms with Crippen molar-refractivity contribution in [3.63, 3.8) is 0 Å². The second-order valence-corrected chi connectivity index (χ2v) is 7.97. The van der Waals surface area contributed by atoms with Crippen LogP contribution in [0, 0.1) is 5.92 Å². The van der Waals surface area contributed by atoms with Crippen LogP contribution in [0.15, 0.2) is 21.7 Å². The molecule has 146 valence electrons. The summed E-state index contributed by atoms with van der Waals surface area (Å²) in [6.45, 7) is 4.81. The maximum atomic E-state index is 12.0. The van der Waals surface area contributed by atoms with E-state index in [2.05, 4.69) is 54.0 Å². The first kappa shape index (κ1) is 20.8. The number of aryl methyl sites for hydroxylation is 1. The van der Waals surface area contributed by atoms with E-state index in [0.29, 0.717) is 25.4 Å². The molecule has 0 saturated heterocycles. The van der Waals surface area contributed by atoms with Crippen molar-refractivity contribution < 1.29 is 4.79 Å². The Morgan fingerprint density at radius 3 is 2.73 bits per heavy atom. The van der Waals surface area contributed by atoms with Crippen LogP contribution in [0.3, 0.4) is 0 Å². The van der Waals surface area contributed by atoms with Crippen molar-refractivity contribution in [2.75, 3.05) is 26.7 Å². The number of guanidine groups is 1. The number of carbonyl (C=O) groups excluding carboxylic acids is 1. The van der Waals surface area contributed by atoms with E-state index in [1.54, 1.807) is 0 Å². The Morgan fingerprint density at radius 2 is 2.12 bits per heavy atom. The van der Waals surface area contributed by atoms with Gasteiger partial charge < -0.3 is 20.1 Å². The van der Waals surface area contributed by atoms with Crippen molar-refractivity contribution in [3.8, 4) is 0 Å². The highest BCUT2D eigenvalue weighted by molar-refractivity contribution is 9.10. The predicted octanol–water partition coefficient (Wildman–Crippen LogP) is 2.88. The Balaban J connectivity index is 1.79. The summed E-state index contributed by atoms with van der Waals surface area (Å²) >= 11 is 3.51. The van der Waals surface area contributed by atoms with Crippen LogP contribution in [0.5, 0.6) is 0 Å². The fraction of sp³-hybridized carbons (Fsp3) is 0.684. The highest BCUT2D eigenvalue weighted by Crippen LogP contribution is 2.27. The summed E-state index contributed by atoms with van der Waals surface area (Å²) in [6.07, 6.45) is 7.68. The van der Waals surface area contributed by atoms with E-state index in [1.165, 1.54) is 31.4 Å². The number of aliphatic imine (C=N–C) groups is 1. The summed E-state index contributed by atoms with van der Waals surface area (Å²) in [6, 6.07) is 2.11. The molecule has 0 atom stereocenters. The van der Waals surface area contributed by atoms with Crippen LogP contribution in [0.4, 0.5) is 0 Å². The third-order valence-electron chi connectivity index (χ3n) is 4.81. The van der Waals surface area contributed by atoms with Gasteiger partial charge in [0.2, 0.25) is 5.91 Å². The molecule has 2 rings (SSSR count). The maximum Gasteiger partial charge on any atom is 0.220 e. The third-order valence-corrected chi connectivity index (χ3v) is 5.25. The zero-order valence-electron chi connectivity index (χ0n) is 16.2. The van der Waals surface area contributed by atoms with Crippen LogP contribution in [0.1, 0.15) is 44.7 Å². The summed E-state index contributed by atoms with van der Waals surface area (Å²) in [5, 5.41) is 6.32. The van der Waals surface area contributed by atoms with Crippen LogP contribution in [-0.2, 0) is 18.4 Å². The summed E-state index contributed by atoms with van der Waals surface area (Å²) < 4.78 is 3.18. The van der Waals surface area contributed by atoms with E-state index in [9.17, 15) is 4.79 Å². The van der Waals surface area contributed by atoms with E-state index >= 15 is 0 Å². The number of nitrogens with one attached hydrogen (secondary N) is 2. The molecule has 1 aromatic heterocycles. The number of aromatic nitrogens is 1. The standard InChI is InChI=1S/C19H32BrN5O/c1-4-21-19(25(3)14-17-12-16(20)13-24(17)2)23-10-9-22-18(26)11-15-7-5-6-8-15/h12-13,15H,4-11,14H2,1-3H3,(H,21,23)(H,22,26). The molecule has 0 aromatic carbocycles. The molecule has 26 heavy (non-hydrogen) atoms. The maximum absolute atomic E-state index is 12.0. The van der Waals surface area contributed by atoms with Gasteiger partial charge in [-0.1, -0.05) is 12.8 Å². The van der Waals surface area contributed by atoms with Crippen LogP contribution in [0.25, 0.3) is 0 Å². The third kappa shape index (κ3) is 6.67. The van der Waals surface area contributed by atoms with E-state index in [1.807, 2.05) is 20.3 Å². The van der Waals surface area contributed by atoms with Crippen LogP contribution < -0.4 is 10.6 Å². The largest absolute Gasteiger partial charge is 0.357 e. The molecule has 0 spiro atoms. The Labute approximate surface area is 165 Å². The molecule has 1 aliphatic rings. The number of hydrogen-bond acceptors (Lipinski definition) is 2. The molecule has 1 fully saturated rings. The SMILES string of the molecule is CCNC(=NCCNC(=O)CC1CCCC1)N(C)Cc1cc(Br)cn1C. The predicted molar refractivity (Wildman–Crippen MR) is 110 cm³/mol. The number of amides is 1. The molecule has 1 aliphatic carbocycles. The van der Waals surface area contributed by atoms with E-state index in [-0.39, 0.29) is 5.91 Å². The quantitative estimate of drug-likeness (QED) is 0.382. The molecule has 1 amide bonds. The van der Waals surface area contributed by atoms with Crippen LogP contribution in [-0.4, -0.2) is 48.0 Å². The smallest absolute Gasteiger partial charge is 0.220 e.